The van der Waals surface area contributed by atoms with Crippen molar-refractivity contribution < 1.29 is 0 Å². The first kappa shape index (κ1) is 12.2. The summed E-state index contributed by atoms with van der Waals surface area (Å²) in [5, 5.41) is 1.00. The average Bonchev–Trinajstić information content (AvgIpc) is 2.76. The smallest absolute Gasteiger partial charge is 0.126 e. The van der Waals surface area contributed by atoms with Gasteiger partial charge in [0.15, 0.2) is 0 Å². The lowest BCUT2D eigenvalue weighted by Gasteiger charge is -2.07. The Morgan fingerprint density at radius 2 is 1.79 bits per heavy atom. The molecule has 0 unspecified atom stereocenters. The standard InChI is InChI=1S/C16H16N2S/c1-9-4-5-13-14(8-9)19-16(18-13)12-7-10(2)6-11(3)15(12)17/h4-8H,17H2,1-3H3. The van der Waals surface area contributed by atoms with E-state index < -0.39 is 0 Å². The lowest BCUT2D eigenvalue weighted by atomic mass is 10.1. The average molecular weight is 268 g/mol. The van der Waals surface area contributed by atoms with Gasteiger partial charge in [-0.15, -0.1) is 11.3 Å². The summed E-state index contributed by atoms with van der Waals surface area (Å²) >= 11 is 1.70. The second-order valence-corrected chi connectivity index (χ2v) is 6.06. The van der Waals surface area contributed by atoms with Crippen molar-refractivity contribution in [3.63, 3.8) is 0 Å². The fourth-order valence-corrected chi connectivity index (χ4v) is 3.40. The number of aryl methyl sites for hydroxylation is 3. The number of nitrogens with zero attached hydrogens (tertiary/aromatic N) is 1. The molecule has 0 radical (unpaired) electrons. The fourth-order valence-electron chi connectivity index (χ4n) is 2.30. The number of hydrogen-bond acceptors (Lipinski definition) is 3. The molecule has 3 heteroatoms. The number of nitrogens with two attached hydrogens (primary N) is 1. The van der Waals surface area contributed by atoms with Gasteiger partial charge in [-0.1, -0.05) is 17.7 Å². The van der Waals surface area contributed by atoms with Crippen molar-refractivity contribution in [3.05, 3.63) is 47.0 Å². The maximum Gasteiger partial charge on any atom is 0.126 e. The highest BCUT2D eigenvalue weighted by atomic mass is 32.1. The van der Waals surface area contributed by atoms with Gasteiger partial charge in [-0.3, -0.25) is 0 Å². The van der Waals surface area contributed by atoms with E-state index in [1.54, 1.807) is 11.3 Å². The first-order chi connectivity index (χ1) is 9.04. The second-order valence-electron chi connectivity index (χ2n) is 5.03. The van der Waals surface area contributed by atoms with E-state index in [9.17, 15) is 0 Å². The Kier molecular flexibility index (Phi) is 2.79. The monoisotopic (exact) mass is 268 g/mol. The summed E-state index contributed by atoms with van der Waals surface area (Å²) in [6, 6.07) is 10.6. The Balaban J connectivity index is 2.24. The molecule has 2 nitrogen and oxygen atoms in total. The molecule has 0 aliphatic carbocycles. The van der Waals surface area contributed by atoms with Gasteiger partial charge in [-0.25, -0.2) is 4.98 Å². The molecule has 0 aliphatic rings. The van der Waals surface area contributed by atoms with Crippen LogP contribution in [0.2, 0.25) is 0 Å². The highest BCUT2D eigenvalue weighted by Gasteiger charge is 2.11. The van der Waals surface area contributed by atoms with Crippen LogP contribution >= 0.6 is 11.3 Å². The molecular weight excluding hydrogens is 252 g/mol. The Morgan fingerprint density at radius 3 is 2.58 bits per heavy atom. The maximum absolute atomic E-state index is 6.20. The number of hydrogen-bond donors (Lipinski definition) is 1. The lowest BCUT2D eigenvalue weighted by Crippen LogP contribution is -1.94. The third-order valence-corrected chi connectivity index (χ3v) is 4.36. The quantitative estimate of drug-likeness (QED) is 0.661. The zero-order valence-electron chi connectivity index (χ0n) is 11.3. The predicted molar refractivity (Wildman–Crippen MR) is 83.7 cm³/mol. The van der Waals surface area contributed by atoms with Crippen molar-refractivity contribution in [1.29, 1.82) is 0 Å². The molecule has 2 N–H and O–H groups in total. The summed E-state index contributed by atoms with van der Waals surface area (Å²) in [6.07, 6.45) is 0. The SMILES string of the molecule is Cc1cc(C)c(N)c(-c2nc3ccc(C)cc3s2)c1. The zero-order chi connectivity index (χ0) is 13.6. The van der Waals surface area contributed by atoms with E-state index >= 15 is 0 Å². The highest BCUT2D eigenvalue weighted by Crippen LogP contribution is 2.35. The normalized spacial score (nSPS) is 11.1. The molecule has 1 heterocycles. The van der Waals surface area contributed by atoms with Crippen molar-refractivity contribution in [2.75, 3.05) is 5.73 Å². The molecule has 0 atom stereocenters. The van der Waals surface area contributed by atoms with Crippen molar-refractivity contribution in [1.82, 2.24) is 4.98 Å². The molecule has 0 bridgehead atoms. The van der Waals surface area contributed by atoms with E-state index in [4.69, 9.17) is 10.7 Å². The van der Waals surface area contributed by atoms with Crippen LogP contribution in [0.15, 0.2) is 30.3 Å². The summed E-state index contributed by atoms with van der Waals surface area (Å²) in [5.41, 5.74) is 12.7. The van der Waals surface area contributed by atoms with E-state index in [1.165, 1.54) is 15.8 Å². The fraction of sp³-hybridized carbons (Fsp3) is 0.188. The summed E-state index contributed by atoms with van der Waals surface area (Å²) in [5.74, 6) is 0. The van der Waals surface area contributed by atoms with Crippen LogP contribution in [0, 0.1) is 20.8 Å². The van der Waals surface area contributed by atoms with Gasteiger partial charge >= 0.3 is 0 Å². The van der Waals surface area contributed by atoms with Crippen molar-refractivity contribution >= 4 is 27.2 Å². The minimum Gasteiger partial charge on any atom is -0.398 e. The number of anilines is 1. The van der Waals surface area contributed by atoms with Gasteiger partial charge in [-0.2, -0.15) is 0 Å². The van der Waals surface area contributed by atoms with Gasteiger partial charge in [0.2, 0.25) is 0 Å². The van der Waals surface area contributed by atoms with Gasteiger partial charge in [0.1, 0.15) is 5.01 Å². The minimum absolute atomic E-state index is 0.835. The van der Waals surface area contributed by atoms with Crippen LogP contribution in [0.4, 0.5) is 5.69 Å². The van der Waals surface area contributed by atoms with Gasteiger partial charge in [0.25, 0.3) is 0 Å². The first-order valence-corrected chi connectivity index (χ1v) is 7.10. The van der Waals surface area contributed by atoms with E-state index in [0.717, 1.165) is 27.3 Å². The molecule has 0 aliphatic heterocycles. The third-order valence-electron chi connectivity index (χ3n) is 3.31. The van der Waals surface area contributed by atoms with Gasteiger partial charge in [0, 0.05) is 11.3 Å². The molecular formula is C16H16N2S. The topological polar surface area (TPSA) is 38.9 Å². The second kappa shape index (κ2) is 4.35. The summed E-state index contributed by atoms with van der Waals surface area (Å²) in [7, 11) is 0. The Labute approximate surface area is 116 Å². The van der Waals surface area contributed by atoms with Crippen LogP contribution in [-0.2, 0) is 0 Å². The van der Waals surface area contributed by atoms with Crippen molar-refractivity contribution in [3.8, 4) is 10.6 Å². The number of aromatic nitrogens is 1. The number of nitrogen functional groups attached to an aromatic ring is 1. The number of thiazole rings is 1. The molecule has 0 saturated carbocycles. The van der Waals surface area contributed by atoms with Crippen LogP contribution in [-0.4, -0.2) is 4.98 Å². The molecule has 0 spiro atoms. The molecule has 0 fully saturated rings. The van der Waals surface area contributed by atoms with E-state index in [0.29, 0.717) is 0 Å². The largest absolute Gasteiger partial charge is 0.398 e. The van der Waals surface area contributed by atoms with Crippen LogP contribution < -0.4 is 5.73 Å². The van der Waals surface area contributed by atoms with Gasteiger partial charge in [0.05, 0.1) is 10.2 Å². The van der Waals surface area contributed by atoms with Crippen LogP contribution in [0.3, 0.4) is 0 Å². The molecule has 1 aromatic heterocycles. The number of rotatable bonds is 1. The van der Waals surface area contributed by atoms with Gasteiger partial charge in [-0.05, 0) is 50.1 Å². The first-order valence-electron chi connectivity index (χ1n) is 6.29. The molecule has 0 amide bonds. The summed E-state index contributed by atoms with van der Waals surface area (Å²) in [4.78, 5) is 4.71. The minimum atomic E-state index is 0.835. The summed E-state index contributed by atoms with van der Waals surface area (Å²) < 4.78 is 1.22. The maximum atomic E-state index is 6.20. The van der Waals surface area contributed by atoms with Crippen molar-refractivity contribution in [2.45, 2.75) is 20.8 Å². The molecule has 19 heavy (non-hydrogen) atoms. The molecule has 2 aromatic carbocycles. The van der Waals surface area contributed by atoms with E-state index in [2.05, 4.69) is 44.2 Å². The van der Waals surface area contributed by atoms with E-state index in [1.807, 2.05) is 6.92 Å². The third kappa shape index (κ3) is 2.10. The van der Waals surface area contributed by atoms with E-state index in [-0.39, 0.29) is 0 Å². The Hall–Kier alpha value is -1.87. The number of fused-ring (bicyclic) bond motifs is 1. The molecule has 3 rings (SSSR count). The molecule has 3 aromatic rings. The number of benzene rings is 2. The molecule has 0 saturated heterocycles. The zero-order valence-corrected chi connectivity index (χ0v) is 12.1. The van der Waals surface area contributed by atoms with Crippen LogP contribution in [0.5, 0.6) is 0 Å². The summed E-state index contributed by atoms with van der Waals surface area (Å²) in [6.45, 7) is 6.24. The van der Waals surface area contributed by atoms with Crippen LogP contribution in [0.1, 0.15) is 16.7 Å². The van der Waals surface area contributed by atoms with Crippen molar-refractivity contribution in [2.24, 2.45) is 0 Å². The Bertz CT molecular complexity index is 772. The Morgan fingerprint density at radius 1 is 1.00 bits per heavy atom. The molecule has 96 valence electrons. The lowest BCUT2D eigenvalue weighted by molar-refractivity contribution is 1.37. The van der Waals surface area contributed by atoms with Crippen LogP contribution in [0.25, 0.3) is 20.8 Å². The highest BCUT2D eigenvalue weighted by molar-refractivity contribution is 7.21. The van der Waals surface area contributed by atoms with Gasteiger partial charge < -0.3 is 5.73 Å². The predicted octanol–water partition coefficient (Wildman–Crippen LogP) is 4.47.